The fraction of sp³-hybridized carbons (Fsp3) is 0.0769. The molecule has 29 heavy (non-hydrogen) atoms. The topological polar surface area (TPSA) is 30.5 Å². The van der Waals surface area contributed by atoms with Crippen LogP contribution in [0.25, 0.3) is 0 Å². The molecule has 3 heteroatoms. The Morgan fingerprint density at radius 3 is 1.79 bits per heavy atom. The van der Waals surface area contributed by atoms with E-state index in [0.29, 0.717) is 6.61 Å². The van der Waals surface area contributed by atoms with Crippen LogP contribution in [-0.4, -0.2) is 0 Å². The molecule has 144 valence electrons. The van der Waals surface area contributed by atoms with Crippen LogP contribution in [0, 0.1) is 0 Å². The molecular formula is C26H23NO2. The van der Waals surface area contributed by atoms with E-state index < -0.39 is 0 Å². The van der Waals surface area contributed by atoms with E-state index in [-0.39, 0.29) is 0 Å². The first-order valence-electron chi connectivity index (χ1n) is 9.68. The monoisotopic (exact) mass is 381 g/mol. The zero-order chi connectivity index (χ0) is 19.7. The molecule has 0 spiro atoms. The van der Waals surface area contributed by atoms with Crippen molar-refractivity contribution < 1.29 is 9.47 Å². The van der Waals surface area contributed by atoms with Gasteiger partial charge in [-0.25, -0.2) is 0 Å². The minimum atomic E-state index is 0.579. The van der Waals surface area contributed by atoms with Gasteiger partial charge in [0.05, 0.1) is 0 Å². The van der Waals surface area contributed by atoms with Gasteiger partial charge in [-0.15, -0.1) is 0 Å². The normalized spacial score (nSPS) is 10.3. The molecule has 3 nitrogen and oxygen atoms in total. The quantitative estimate of drug-likeness (QED) is 0.370. The summed E-state index contributed by atoms with van der Waals surface area (Å²) >= 11 is 0. The Morgan fingerprint density at radius 2 is 1.10 bits per heavy atom. The Bertz CT molecular complexity index is 998. The summed E-state index contributed by atoms with van der Waals surface area (Å²) in [5, 5.41) is 3.43. The molecule has 0 unspecified atom stereocenters. The lowest BCUT2D eigenvalue weighted by molar-refractivity contribution is 0.306. The predicted octanol–water partition coefficient (Wildman–Crippen LogP) is 6.67. The van der Waals surface area contributed by atoms with Gasteiger partial charge in [-0.3, -0.25) is 0 Å². The fourth-order valence-corrected chi connectivity index (χ4v) is 2.91. The van der Waals surface area contributed by atoms with Gasteiger partial charge in [0.1, 0.15) is 23.9 Å². The molecular weight excluding hydrogens is 358 g/mol. The molecule has 0 amide bonds. The van der Waals surface area contributed by atoms with Gasteiger partial charge in [0.25, 0.3) is 0 Å². The molecule has 4 rings (SSSR count). The molecule has 0 heterocycles. The van der Waals surface area contributed by atoms with Crippen LogP contribution in [0.15, 0.2) is 109 Å². The SMILES string of the molecule is c1ccc(COc2ccc(CNc3ccc(Oc4ccccc4)cc3)cc2)cc1. The standard InChI is InChI=1S/C26H23NO2/c1-3-7-22(8-4-1)20-28-24-15-11-21(12-16-24)19-27-23-13-17-26(18-14-23)29-25-9-5-2-6-10-25/h1-18,27H,19-20H2. The lowest BCUT2D eigenvalue weighted by Gasteiger charge is -2.10. The van der Waals surface area contributed by atoms with Gasteiger partial charge >= 0.3 is 0 Å². The van der Waals surface area contributed by atoms with E-state index in [9.17, 15) is 0 Å². The first-order chi connectivity index (χ1) is 14.3. The molecule has 0 aliphatic heterocycles. The minimum Gasteiger partial charge on any atom is -0.489 e. The first kappa shape index (κ1) is 18.6. The van der Waals surface area contributed by atoms with Gasteiger partial charge in [0, 0.05) is 12.2 Å². The van der Waals surface area contributed by atoms with E-state index in [1.165, 1.54) is 5.56 Å². The zero-order valence-electron chi connectivity index (χ0n) is 16.1. The second-order valence-corrected chi connectivity index (χ2v) is 6.71. The summed E-state index contributed by atoms with van der Waals surface area (Å²) in [5.41, 5.74) is 3.41. The maximum atomic E-state index is 5.84. The molecule has 0 aliphatic rings. The Hall–Kier alpha value is -3.72. The van der Waals surface area contributed by atoms with Crippen LogP contribution in [-0.2, 0) is 13.2 Å². The summed E-state index contributed by atoms with van der Waals surface area (Å²) in [6.45, 7) is 1.33. The maximum absolute atomic E-state index is 5.84. The van der Waals surface area contributed by atoms with E-state index in [2.05, 4.69) is 29.6 Å². The number of hydrogen-bond acceptors (Lipinski definition) is 3. The van der Waals surface area contributed by atoms with Crippen molar-refractivity contribution in [3.8, 4) is 17.2 Å². The lowest BCUT2D eigenvalue weighted by Crippen LogP contribution is -2.00. The van der Waals surface area contributed by atoms with E-state index in [1.54, 1.807) is 0 Å². The number of para-hydroxylation sites is 1. The smallest absolute Gasteiger partial charge is 0.127 e. The van der Waals surface area contributed by atoms with E-state index >= 15 is 0 Å². The average Bonchev–Trinajstić information content (AvgIpc) is 2.79. The molecule has 0 aliphatic carbocycles. The van der Waals surface area contributed by atoms with Gasteiger partial charge in [-0.1, -0.05) is 60.7 Å². The Kier molecular flexibility index (Phi) is 6.08. The van der Waals surface area contributed by atoms with Crippen molar-refractivity contribution in [2.24, 2.45) is 0 Å². The predicted molar refractivity (Wildman–Crippen MR) is 118 cm³/mol. The third-order valence-corrected chi connectivity index (χ3v) is 4.50. The second-order valence-electron chi connectivity index (χ2n) is 6.71. The number of benzene rings is 4. The molecule has 0 saturated heterocycles. The van der Waals surface area contributed by atoms with Gasteiger partial charge in [-0.05, 0) is 59.7 Å². The lowest BCUT2D eigenvalue weighted by atomic mass is 10.2. The maximum Gasteiger partial charge on any atom is 0.127 e. The van der Waals surface area contributed by atoms with E-state index in [0.717, 1.165) is 35.0 Å². The van der Waals surface area contributed by atoms with Crippen molar-refractivity contribution in [3.63, 3.8) is 0 Å². The Balaban J connectivity index is 1.26. The van der Waals surface area contributed by atoms with Crippen LogP contribution < -0.4 is 14.8 Å². The van der Waals surface area contributed by atoms with Gasteiger partial charge in [0.2, 0.25) is 0 Å². The summed E-state index contributed by atoms with van der Waals surface area (Å²) in [5.74, 6) is 2.53. The number of hydrogen-bond donors (Lipinski definition) is 1. The van der Waals surface area contributed by atoms with Gasteiger partial charge in [-0.2, -0.15) is 0 Å². The Morgan fingerprint density at radius 1 is 0.517 bits per heavy atom. The van der Waals surface area contributed by atoms with Crippen LogP contribution >= 0.6 is 0 Å². The minimum absolute atomic E-state index is 0.579. The van der Waals surface area contributed by atoms with Crippen LogP contribution in [0.1, 0.15) is 11.1 Å². The van der Waals surface area contributed by atoms with Crippen molar-refractivity contribution in [3.05, 3.63) is 120 Å². The third kappa shape index (κ3) is 5.63. The van der Waals surface area contributed by atoms with Crippen molar-refractivity contribution in [1.29, 1.82) is 0 Å². The van der Waals surface area contributed by atoms with Crippen LogP contribution in [0.5, 0.6) is 17.2 Å². The second kappa shape index (κ2) is 9.47. The van der Waals surface area contributed by atoms with Gasteiger partial charge in [0.15, 0.2) is 0 Å². The zero-order valence-corrected chi connectivity index (χ0v) is 16.1. The van der Waals surface area contributed by atoms with Crippen LogP contribution in [0.3, 0.4) is 0 Å². The number of nitrogens with one attached hydrogen (secondary N) is 1. The summed E-state index contributed by atoms with van der Waals surface area (Å²) in [4.78, 5) is 0. The molecule has 0 saturated carbocycles. The largest absolute Gasteiger partial charge is 0.489 e. The van der Waals surface area contributed by atoms with Gasteiger partial charge < -0.3 is 14.8 Å². The third-order valence-electron chi connectivity index (χ3n) is 4.50. The summed E-state index contributed by atoms with van der Waals surface area (Å²) < 4.78 is 11.7. The highest BCUT2D eigenvalue weighted by Crippen LogP contribution is 2.23. The highest BCUT2D eigenvalue weighted by atomic mass is 16.5. The highest BCUT2D eigenvalue weighted by molar-refractivity contribution is 5.47. The average molecular weight is 381 g/mol. The van der Waals surface area contributed by atoms with E-state index in [4.69, 9.17) is 9.47 Å². The molecule has 0 fully saturated rings. The van der Waals surface area contributed by atoms with Crippen molar-refractivity contribution >= 4 is 5.69 Å². The van der Waals surface area contributed by atoms with Crippen LogP contribution in [0.4, 0.5) is 5.69 Å². The number of ether oxygens (including phenoxy) is 2. The molecule has 4 aromatic rings. The molecule has 4 aromatic carbocycles. The highest BCUT2D eigenvalue weighted by Gasteiger charge is 2.00. The molecule has 0 atom stereocenters. The number of anilines is 1. The summed E-state index contributed by atoms with van der Waals surface area (Å²) in [6.07, 6.45) is 0. The van der Waals surface area contributed by atoms with Crippen molar-refractivity contribution in [1.82, 2.24) is 0 Å². The molecule has 0 bridgehead atoms. The molecule has 0 radical (unpaired) electrons. The summed E-state index contributed by atoms with van der Waals surface area (Å²) in [6, 6.07) is 36.1. The Labute approximate surface area is 171 Å². The van der Waals surface area contributed by atoms with Crippen LogP contribution in [0.2, 0.25) is 0 Å². The van der Waals surface area contributed by atoms with E-state index in [1.807, 2.05) is 84.9 Å². The molecule has 0 aromatic heterocycles. The molecule has 1 N–H and O–H groups in total. The number of rotatable bonds is 8. The van der Waals surface area contributed by atoms with Crippen molar-refractivity contribution in [2.45, 2.75) is 13.2 Å². The van der Waals surface area contributed by atoms with Crippen molar-refractivity contribution in [2.75, 3.05) is 5.32 Å². The fourth-order valence-electron chi connectivity index (χ4n) is 2.91. The summed E-state index contributed by atoms with van der Waals surface area (Å²) in [7, 11) is 0. The first-order valence-corrected chi connectivity index (χ1v) is 9.68.